The molecule has 0 spiro atoms. The molecule has 0 unspecified atom stereocenters. The van der Waals surface area contributed by atoms with Gasteiger partial charge in [-0.05, 0) is 50.8 Å². The molecule has 0 bridgehead atoms. The van der Waals surface area contributed by atoms with E-state index in [0.717, 1.165) is 40.6 Å². The number of carbonyl (C=O) groups is 2. The van der Waals surface area contributed by atoms with Crippen molar-refractivity contribution in [3.8, 4) is 11.5 Å². The third-order valence-electron chi connectivity index (χ3n) is 7.80. The van der Waals surface area contributed by atoms with E-state index in [1.807, 2.05) is 50.2 Å². The normalized spacial score (nSPS) is 21.2. The number of aromatic amines is 1. The highest BCUT2D eigenvalue weighted by Gasteiger charge is 2.56. The topological polar surface area (TPSA) is 95.1 Å². The maximum Gasteiger partial charge on any atom is 0.254 e. The van der Waals surface area contributed by atoms with Gasteiger partial charge in [-0.2, -0.15) is 0 Å². The molecule has 1 saturated heterocycles. The van der Waals surface area contributed by atoms with Crippen LogP contribution in [0.1, 0.15) is 55.8 Å². The molecule has 2 aliphatic rings. The molecule has 196 valence electrons. The SMILES string of the molecule is CCOc1c(OC)cccc1[C@@H]1CN2C(=O)CN(CCCCCO)C(=O)[C@]2(C)c2[nH]c3ccccc3c21. The summed E-state index contributed by atoms with van der Waals surface area (Å²) in [6, 6.07) is 13.9. The predicted molar refractivity (Wildman–Crippen MR) is 141 cm³/mol. The fraction of sp³-hybridized carbons (Fsp3) is 0.448. The number of aliphatic hydroxyl groups is 1. The third-order valence-corrected chi connectivity index (χ3v) is 7.80. The number of rotatable bonds is 9. The fourth-order valence-electron chi connectivity index (χ4n) is 6.00. The van der Waals surface area contributed by atoms with E-state index in [0.29, 0.717) is 37.6 Å². The van der Waals surface area contributed by atoms with Crippen LogP contribution in [0.4, 0.5) is 0 Å². The van der Waals surface area contributed by atoms with Crippen molar-refractivity contribution in [3.05, 3.63) is 59.3 Å². The van der Waals surface area contributed by atoms with E-state index in [2.05, 4.69) is 11.1 Å². The second-order valence-electron chi connectivity index (χ2n) is 9.91. The molecule has 1 fully saturated rings. The number of piperazine rings is 1. The van der Waals surface area contributed by atoms with Crippen LogP contribution in [0.25, 0.3) is 10.9 Å². The molecule has 0 radical (unpaired) electrons. The Morgan fingerprint density at radius 1 is 1.11 bits per heavy atom. The molecular formula is C29H35N3O5. The van der Waals surface area contributed by atoms with Crippen LogP contribution in [0, 0.1) is 0 Å². The molecule has 8 nitrogen and oxygen atoms in total. The Morgan fingerprint density at radius 3 is 2.68 bits per heavy atom. The summed E-state index contributed by atoms with van der Waals surface area (Å²) in [5.74, 6) is 0.962. The van der Waals surface area contributed by atoms with Crippen molar-refractivity contribution in [2.45, 2.75) is 44.6 Å². The number of methoxy groups -OCH3 is 1. The third kappa shape index (κ3) is 4.03. The molecule has 3 heterocycles. The van der Waals surface area contributed by atoms with Crippen molar-refractivity contribution in [2.24, 2.45) is 0 Å². The van der Waals surface area contributed by atoms with Gasteiger partial charge in [0.1, 0.15) is 0 Å². The zero-order valence-corrected chi connectivity index (χ0v) is 21.8. The van der Waals surface area contributed by atoms with Gasteiger partial charge in [-0.25, -0.2) is 0 Å². The summed E-state index contributed by atoms with van der Waals surface area (Å²) in [5.41, 5.74) is 2.50. The van der Waals surface area contributed by atoms with E-state index in [-0.39, 0.29) is 30.9 Å². The molecule has 5 rings (SSSR count). The zero-order chi connectivity index (χ0) is 26.2. The van der Waals surface area contributed by atoms with Crippen molar-refractivity contribution in [3.63, 3.8) is 0 Å². The molecule has 2 amide bonds. The molecular weight excluding hydrogens is 470 g/mol. The summed E-state index contributed by atoms with van der Waals surface area (Å²) in [6.45, 7) is 5.34. The Balaban J connectivity index is 1.66. The van der Waals surface area contributed by atoms with Crippen LogP contribution in [-0.4, -0.2) is 71.7 Å². The average Bonchev–Trinajstić information content (AvgIpc) is 3.31. The monoisotopic (exact) mass is 505 g/mol. The van der Waals surface area contributed by atoms with Crippen LogP contribution in [-0.2, 0) is 15.1 Å². The van der Waals surface area contributed by atoms with E-state index >= 15 is 0 Å². The second kappa shape index (κ2) is 10.1. The van der Waals surface area contributed by atoms with Gasteiger partial charge in [-0.15, -0.1) is 0 Å². The number of fused-ring (bicyclic) bond motifs is 5. The number of aromatic nitrogens is 1. The highest BCUT2D eigenvalue weighted by molar-refractivity contribution is 6.01. The first-order chi connectivity index (χ1) is 17.9. The zero-order valence-electron chi connectivity index (χ0n) is 21.8. The fourth-order valence-corrected chi connectivity index (χ4v) is 6.00. The first-order valence-electron chi connectivity index (χ1n) is 13.1. The van der Waals surface area contributed by atoms with E-state index in [1.54, 1.807) is 16.9 Å². The summed E-state index contributed by atoms with van der Waals surface area (Å²) in [5, 5.41) is 10.1. The Bertz CT molecular complexity index is 1320. The number of nitrogens with zero attached hydrogens (tertiary/aromatic N) is 2. The van der Waals surface area contributed by atoms with Gasteiger partial charge < -0.3 is 29.4 Å². The quantitative estimate of drug-likeness (QED) is 0.432. The summed E-state index contributed by atoms with van der Waals surface area (Å²) in [7, 11) is 1.62. The number of H-pyrrole nitrogens is 1. The first-order valence-corrected chi connectivity index (χ1v) is 13.1. The standard InChI is InChI=1S/C29H35N3O5/c1-4-37-26-19(12-10-14-23(26)36-3)21-17-32-24(34)18-31(15-8-5-9-16-33)28(35)29(32,2)27-25(21)20-11-6-7-13-22(20)30-27/h6-7,10-14,21,30,33H,4-5,8-9,15-18H2,1-3H3/t21-,29-/m0/s1. The molecule has 2 N–H and O–H groups in total. The number of nitrogens with one attached hydrogen (secondary N) is 1. The molecule has 8 heteroatoms. The summed E-state index contributed by atoms with van der Waals surface area (Å²) < 4.78 is 11.7. The van der Waals surface area contributed by atoms with Gasteiger partial charge in [0, 0.05) is 42.1 Å². The minimum absolute atomic E-state index is 0.0618. The maximum atomic E-state index is 14.1. The molecule has 37 heavy (non-hydrogen) atoms. The lowest BCUT2D eigenvalue weighted by Crippen LogP contribution is -2.67. The van der Waals surface area contributed by atoms with Gasteiger partial charge in [0.05, 0.1) is 26.0 Å². The van der Waals surface area contributed by atoms with Gasteiger partial charge in [0.15, 0.2) is 17.0 Å². The van der Waals surface area contributed by atoms with Crippen molar-refractivity contribution >= 4 is 22.7 Å². The summed E-state index contributed by atoms with van der Waals surface area (Å²) in [6.07, 6.45) is 2.25. The number of hydrogen-bond acceptors (Lipinski definition) is 5. The molecule has 2 aliphatic heterocycles. The van der Waals surface area contributed by atoms with Crippen LogP contribution in [0.15, 0.2) is 42.5 Å². The highest BCUT2D eigenvalue weighted by Crippen LogP contribution is 2.50. The molecule has 2 aromatic carbocycles. The van der Waals surface area contributed by atoms with Gasteiger partial charge in [-0.1, -0.05) is 30.3 Å². The first kappa shape index (κ1) is 25.1. The minimum Gasteiger partial charge on any atom is -0.493 e. The van der Waals surface area contributed by atoms with Gasteiger partial charge in [0.2, 0.25) is 5.91 Å². The number of aliphatic hydroxyl groups excluding tert-OH is 1. The lowest BCUT2D eigenvalue weighted by molar-refractivity contribution is -0.166. The van der Waals surface area contributed by atoms with Crippen LogP contribution >= 0.6 is 0 Å². The molecule has 0 saturated carbocycles. The lowest BCUT2D eigenvalue weighted by atomic mass is 9.76. The minimum atomic E-state index is -1.14. The van der Waals surface area contributed by atoms with E-state index in [9.17, 15) is 9.59 Å². The smallest absolute Gasteiger partial charge is 0.254 e. The lowest BCUT2D eigenvalue weighted by Gasteiger charge is -2.51. The number of carbonyl (C=O) groups excluding carboxylic acids is 2. The predicted octanol–water partition coefficient (Wildman–Crippen LogP) is 3.77. The van der Waals surface area contributed by atoms with Crippen molar-refractivity contribution in [1.82, 2.24) is 14.8 Å². The van der Waals surface area contributed by atoms with Crippen LogP contribution in [0.2, 0.25) is 0 Å². The van der Waals surface area contributed by atoms with Crippen LogP contribution < -0.4 is 9.47 Å². The van der Waals surface area contributed by atoms with E-state index in [1.165, 1.54) is 0 Å². The van der Waals surface area contributed by atoms with Gasteiger partial charge in [-0.3, -0.25) is 9.59 Å². The Labute approximate surface area is 217 Å². The molecule has 1 aromatic heterocycles. The molecule has 2 atom stereocenters. The van der Waals surface area contributed by atoms with Crippen molar-refractivity contribution in [1.29, 1.82) is 0 Å². The Hall–Kier alpha value is -3.52. The Kier molecular flexibility index (Phi) is 6.86. The van der Waals surface area contributed by atoms with Crippen LogP contribution in [0.3, 0.4) is 0 Å². The number of benzene rings is 2. The van der Waals surface area contributed by atoms with Gasteiger partial charge in [0.25, 0.3) is 5.91 Å². The summed E-state index contributed by atoms with van der Waals surface area (Å²) in [4.78, 5) is 34.7. The van der Waals surface area contributed by atoms with E-state index < -0.39 is 5.54 Å². The number of para-hydroxylation sites is 2. The molecule has 3 aromatic rings. The average molecular weight is 506 g/mol. The summed E-state index contributed by atoms with van der Waals surface area (Å²) >= 11 is 0. The van der Waals surface area contributed by atoms with Crippen LogP contribution in [0.5, 0.6) is 11.5 Å². The second-order valence-corrected chi connectivity index (χ2v) is 9.91. The number of hydrogen-bond donors (Lipinski definition) is 2. The maximum absolute atomic E-state index is 14.1. The van der Waals surface area contributed by atoms with E-state index in [4.69, 9.17) is 14.6 Å². The van der Waals surface area contributed by atoms with Crippen molar-refractivity contribution in [2.75, 3.05) is 40.0 Å². The number of ether oxygens (including phenoxy) is 2. The largest absolute Gasteiger partial charge is 0.493 e. The Morgan fingerprint density at radius 2 is 1.92 bits per heavy atom. The van der Waals surface area contributed by atoms with Gasteiger partial charge >= 0.3 is 0 Å². The van der Waals surface area contributed by atoms with Crippen molar-refractivity contribution < 1.29 is 24.2 Å². The molecule has 0 aliphatic carbocycles. The number of unbranched alkanes of at least 4 members (excludes halogenated alkanes) is 2. The highest BCUT2D eigenvalue weighted by atomic mass is 16.5. The number of amides is 2.